The minimum atomic E-state index is -0.612. The summed E-state index contributed by atoms with van der Waals surface area (Å²) in [5.41, 5.74) is 2.02. The number of hydrogen-bond acceptors (Lipinski definition) is 5. The number of esters is 1. The second-order valence-electron chi connectivity index (χ2n) is 5.26. The molecule has 2 rings (SSSR count). The molecular formula is C18H18N2O4. The maximum Gasteiger partial charge on any atom is 0.342 e. The monoisotopic (exact) mass is 326 g/mol. The number of amides is 1. The third-order valence-corrected chi connectivity index (χ3v) is 3.50. The number of benzene rings is 1. The van der Waals surface area contributed by atoms with Crippen molar-refractivity contribution in [2.24, 2.45) is 0 Å². The van der Waals surface area contributed by atoms with Gasteiger partial charge in [0, 0.05) is 12.2 Å². The lowest BCUT2D eigenvalue weighted by molar-refractivity contribution is -0.121. The SMILES string of the molecule is Cc1ccc(N(CCC#N)C(=O)COC(=O)c2ccoc2C)cc1. The summed E-state index contributed by atoms with van der Waals surface area (Å²) in [6, 6.07) is 10.9. The van der Waals surface area contributed by atoms with E-state index in [0.29, 0.717) is 17.0 Å². The van der Waals surface area contributed by atoms with Gasteiger partial charge in [-0.25, -0.2) is 4.79 Å². The lowest BCUT2D eigenvalue weighted by Gasteiger charge is -2.21. The van der Waals surface area contributed by atoms with E-state index < -0.39 is 12.6 Å². The second-order valence-corrected chi connectivity index (χ2v) is 5.26. The molecule has 0 radical (unpaired) electrons. The number of rotatable bonds is 6. The number of ether oxygens (including phenoxy) is 1. The van der Waals surface area contributed by atoms with Crippen LogP contribution in [-0.2, 0) is 9.53 Å². The Balaban J connectivity index is 2.05. The number of carbonyl (C=O) groups is 2. The van der Waals surface area contributed by atoms with Crippen LogP contribution < -0.4 is 4.90 Å². The molecule has 0 bridgehead atoms. The Hall–Kier alpha value is -3.07. The third kappa shape index (κ3) is 4.23. The summed E-state index contributed by atoms with van der Waals surface area (Å²) in [4.78, 5) is 25.8. The molecule has 2 aromatic rings. The van der Waals surface area contributed by atoms with Crippen molar-refractivity contribution in [3.63, 3.8) is 0 Å². The number of furan rings is 1. The van der Waals surface area contributed by atoms with Gasteiger partial charge in [-0.3, -0.25) is 4.79 Å². The van der Waals surface area contributed by atoms with E-state index in [2.05, 4.69) is 0 Å². The van der Waals surface area contributed by atoms with E-state index in [-0.39, 0.29) is 18.9 Å². The van der Waals surface area contributed by atoms with Crippen molar-refractivity contribution in [2.75, 3.05) is 18.1 Å². The summed E-state index contributed by atoms with van der Waals surface area (Å²) < 4.78 is 10.1. The quantitative estimate of drug-likeness (QED) is 0.762. The molecule has 0 N–H and O–H groups in total. The molecule has 0 spiro atoms. The molecule has 0 fully saturated rings. The minimum Gasteiger partial charge on any atom is -0.469 e. The highest BCUT2D eigenvalue weighted by Crippen LogP contribution is 2.16. The van der Waals surface area contributed by atoms with Crippen LogP contribution in [0.4, 0.5) is 5.69 Å². The fraction of sp³-hybridized carbons (Fsp3) is 0.278. The predicted octanol–water partition coefficient (Wildman–Crippen LogP) is 3.00. The first-order valence-corrected chi connectivity index (χ1v) is 7.48. The van der Waals surface area contributed by atoms with Gasteiger partial charge in [0.25, 0.3) is 5.91 Å². The standard InChI is InChI=1S/C18H18N2O4/c1-13-4-6-15(7-5-13)20(10-3-9-19)17(21)12-24-18(22)16-8-11-23-14(16)2/h4-8,11H,3,10,12H2,1-2H3. The normalized spacial score (nSPS) is 10.0. The van der Waals surface area contributed by atoms with Gasteiger partial charge in [0.05, 0.1) is 18.8 Å². The van der Waals surface area contributed by atoms with Crippen molar-refractivity contribution in [3.05, 3.63) is 53.5 Å². The van der Waals surface area contributed by atoms with Crippen LogP contribution in [0.5, 0.6) is 0 Å². The van der Waals surface area contributed by atoms with Crippen molar-refractivity contribution >= 4 is 17.6 Å². The van der Waals surface area contributed by atoms with Gasteiger partial charge in [0.2, 0.25) is 0 Å². The number of nitriles is 1. The van der Waals surface area contributed by atoms with E-state index >= 15 is 0 Å². The van der Waals surface area contributed by atoms with Crippen LogP contribution in [0.1, 0.15) is 28.1 Å². The van der Waals surface area contributed by atoms with Gasteiger partial charge in [-0.1, -0.05) is 17.7 Å². The maximum atomic E-state index is 12.4. The van der Waals surface area contributed by atoms with E-state index in [1.165, 1.54) is 17.2 Å². The lowest BCUT2D eigenvalue weighted by Crippen LogP contribution is -2.35. The first-order chi connectivity index (χ1) is 11.5. The third-order valence-electron chi connectivity index (χ3n) is 3.50. The van der Waals surface area contributed by atoms with Gasteiger partial charge in [-0.05, 0) is 32.0 Å². The van der Waals surface area contributed by atoms with Gasteiger partial charge in [0.1, 0.15) is 11.3 Å². The first kappa shape index (κ1) is 17.3. The Morgan fingerprint density at radius 3 is 2.50 bits per heavy atom. The molecule has 1 heterocycles. The van der Waals surface area contributed by atoms with Gasteiger partial charge in [-0.2, -0.15) is 5.26 Å². The molecule has 6 nitrogen and oxygen atoms in total. The Kier molecular flexibility index (Phi) is 5.74. The van der Waals surface area contributed by atoms with Crippen LogP contribution in [0.15, 0.2) is 41.0 Å². The summed E-state index contributed by atoms with van der Waals surface area (Å²) in [7, 11) is 0. The molecular weight excluding hydrogens is 308 g/mol. The maximum absolute atomic E-state index is 12.4. The van der Waals surface area contributed by atoms with Gasteiger partial charge >= 0.3 is 5.97 Å². The number of aryl methyl sites for hydroxylation is 2. The highest BCUT2D eigenvalue weighted by Gasteiger charge is 2.19. The van der Waals surface area contributed by atoms with Crippen LogP contribution >= 0.6 is 0 Å². The molecule has 0 aliphatic carbocycles. The molecule has 0 unspecified atom stereocenters. The average Bonchev–Trinajstić information content (AvgIpc) is 3.00. The largest absolute Gasteiger partial charge is 0.469 e. The van der Waals surface area contributed by atoms with Crippen molar-refractivity contribution in [2.45, 2.75) is 20.3 Å². The fourth-order valence-electron chi connectivity index (χ4n) is 2.16. The second kappa shape index (κ2) is 7.97. The van der Waals surface area contributed by atoms with Crippen molar-refractivity contribution < 1.29 is 18.7 Å². The van der Waals surface area contributed by atoms with Crippen molar-refractivity contribution in [1.82, 2.24) is 0 Å². The lowest BCUT2D eigenvalue weighted by atomic mass is 10.2. The van der Waals surface area contributed by atoms with E-state index in [9.17, 15) is 9.59 Å². The van der Waals surface area contributed by atoms with Crippen LogP contribution in [0, 0.1) is 25.2 Å². The van der Waals surface area contributed by atoms with Crippen molar-refractivity contribution in [1.29, 1.82) is 5.26 Å². The molecule has 1 aromatic heterocycles. The highest BCUT2D eigenvalue weighted by molar-refractivity contribution is 5.97. The summed E-state index contributed by atoms with van der Waals surface area (Å²) in [6.07, 6.45) is 1.58. The molecule has 24 heavy (non-hydrogen) atoms. The molecule has 0 saturated carbocycles. The Morgan fingerprint density at radius 2 is 1.92 bits per heavy atom. The number of anilines is 1. The summed E-state index contributed by atoms with van der Waals surface area (Å²) >= 11 is 0. The summed E-state index contributed by atoms with van der Waals surface area (Å²) in [5, 5.41) is 8.78. The molecule has 1 aromatic carbocycles. The zero-order valence-corrected chi connectivity index (χ0v) is 13.6. The molecule has 6 heteroatoms. The smallest absolute Gasteiger partial charge is 0.342 e. The van der Waals surface area contributed by atoms with E-state index in [1.807, 2.05) is 25.1 Å². The molecule has 0 aliphatic heterocycles. The van der Waals surface area contributed by atoms with E-state index in [1.54, 1.807) is 19.1 Å². The van der Waals surface area contributed by atoms with Gasteiger partial charge < -0.3 is 14.1 Å². The molecule has 0 saturated heterocycles. The first-order valence-electron chi connectivity index (χ1n) is 7.48. The topological polar surface area (TPSA) is 83.5 Å². The molecule has 0 aliphatic rings. The van der Waals surface area contributed by atoms with Crippen LogP contribution in [0.25, 0.3) is 0 Å². The molecule has 0 atom stereocenters. The van der Waals surface area contributed by atoms with Crippen LogP contribution in [0.3, 0.4) is 0 Å². The highest BCUT2D eigenvalue weighted by atomic mass is 16.5. The van der Waals surface area contributed by atoms with Gasteiger partial charge in [0.15, 0.2) is 6.61 Å². The molecule has 1 amide bonds. The zero-order valence-electron chi connectivity index (χ0n) is 13.6. The van der Waals surface area contributed by atoms with Crippen molar-refractivity contribution in [3.8, 4) is 6.07 Å². The Morgan fingerprint density at radius 1 is 1.21 bits per heavy atom. The Labute approximate surface area is 140 Å². The minimum absolute atomic E-state index is 0.189. The van der Waals surface area contributed by atoms with E-state index in [4.69, 9.17) is 14.4 Å². The summed E-state index contributed by atoms with van der Waals surface area (Å²) in [5.74, 6) is -0.560. The van der Waals surface area contributed by atoms with Crippen LogP contribution in [0.2, 0.25) is 0 Å². The van der Waals surface area contributed by atoms with E-state index in [0.717, 1.165) is 5.56 Å². The predicted molar refractivity (Wildman–Crippen MR) is 87.5 cm³/mol. The zero-order chi connectivity index (χ0) is 17.5. The summed E-state index contributed by atoms with van der Waals surface area (Å²) in [6.45, 7) is 3.42. The Bertz CT molecular complexity index is 756. The number of nitrogens with zero attached hydrogens (tertiary/aromatic N) is 2. The average molecular weight is 326 g/mol. The van der Waals surface area contributed by atoms with Crippen LogP contribution in [-0.4, -0.2) is 25.0 Å². The van der Waals surface area contributed by atoms with Gasteiger partial charge in [-0.15, -0.1) is 0 Å². The number of hydrogen-bond donors (Lipinski definition) is 0. The fourth-order valence-corrected chi connectivity index (χ4v) is 2.16. The number of carbonyl (C=O) groups excluding carboxylic acids is 2. The molecule has 124 valence electrons.